The van der Waals surface area contributed by atoms with Gasteiger partial charge in [0.1, 0.15) is 23.9 Å². The molecule has 0 bridgehead atoms. The average Bonchev–Trinajstić information content (AvgIpc) is 2.27. The molecule has 1 aromatic rings. The second kappa shape index (κ2) is 5.77. The van der Waals surface area contributed by atoms with Crippen molar-refractivity contribution in [1.29, 1.82) is 0 Å². The Morgan fingerprint density at radius 1 is 1.29 bits per heavy atom. The number of aromatic hydroxyl groups is 2. The Morgan fingerprint density at radius 3 is 2.47 bits per heavy atom. The number of phenols is 2. The fraction of sp³-hybridized carbons (Fsp3) is 0.538. The summed E-state index contributed by atoms with van der Waals surface area (Å²) in [5.74, 6) is 0.479. The van der Waals surface area contributed by atoms with Crippen molar-refractivity contribution in [2.24, 2.45) is 0 Å². The Hall–Kier alpha value is -1.42. The minimum atomic E-state index is -0.586. The van der Waals surface area contributed by atoms with Gasteiger partial charge in [-0.25, -0.2) is 0 Å². The molecule has 96 valence electrons. The number of fused-ring (bicyclic) bond motifs is 1. The number of aliphatic hydroxyl groups is 1. The van der Waals surface area contributed by atoms with Crippen molar-refractivity contribution in [1.82, 2.24) is 0 Å². The monoisotopic (exact) mass is 240 g/mol. The van der Waals surface area contributed by atoms with E-state index in [1.807, 2.05) is 0 Å². The van der Waals surface area contributed by atoms with Crippen LogP contribution in [-0.4, -0.2) is 28.0 Å². The first kappa shape index (κ1) is 13.6. The van der Waals surface area contributed by atoms with Crippen molar-refractivity contribution >= 4 is 0 Å². The maximum absolute atomic E-state index is 9.53. The van der Waals surface area contributed by atoms with E-state index in [1.165, 1.54) is 12.5 Å². The third-order valence-electron chi connectivity index (χ3n) is 2.44. The molecule has 0 amide bonds. The summed E-state index contributed by atoms with van der Waals surface area (Å²) in [5.41, 5.74) is 1.17. The van der Waals surface area contributed by atoms with E-state index in [0.29, 0.717) is 23.3 Å². The van der Waals surface area contributed by atoms with E-state index >= 15 is 0 Å². The van der Waals surface area contributed by atoms with E-state index < -0.39 is 6.10 Å². The van der Waals surface area contributed by atoms with Crippen LogP contribution in [0.4, 0.5) is 0 Å². The lowest BCUT2D eigenvalue weighted by Gasteiger charge is -2.24. The summed E-state index contributed by atoms with van der Waals surface area (Å²) >= 11 is 0. The number of rotatable bonds is 0. The van der Waals surface area contributed by atoms with Gasteiger partial charge in [-0.05, 0) is 6.92 Å². The second-order valence-corrected chi connectivity index (χ2v) is 4.22. The lowest BCUT2D eigenvalue weighted by Crippen LogP contribution is -2.25. The van der Waals surface area contributed by atoms with Gasteiger partial charge in [0.25, 0.3) is 0 Å². The molecular formula is C13H20O4. The molecule has 0 aromatic heterocycles. The average molecular weight is 240 g/mol. The summed E-state index contributed by atoms with van der Waals surface area (Å²) in [4.78, 5) is 0. The van der Waals surface area contributed by atoms with Crippen molar-refractivity contribution in [3.8, 4) is 17.2 Å². The number of aliphatic hydroxyl groups excluding tert-OH is 1. The molecule has 4 heteroatoms. The predicted molar refractivity (Wildman–Crippen MR) is 65.7 cm³/mol. The molecule has 4 nitrogen and oxygen atoms in total. The largest absolute Gasteiger partial charge is 0.507 e. The van der Waals surface area contributed by atoms with Crippen molar-refractivity contribution < 1.29 is 20.1 Å². The zero-order chi connectivity index (χ0) is 13.0. The predicted octanol–water partition coefficient (Wildman–Crippen LogP) is 2.12. The van der Waals surface area contributed by atoms with Crippen LogP contribution in [-0.2, 0) is 6.42 Å². The molecule has 0 radical (unpaired) electrons. The maximum atomic E-state index is 9.53. The molecule has 0 fully saturated rings. The zero-order valence-corrected chi connectivity index (χ0v) is 10.5. The smallest absolute Gasteiger partial charge is 0.133 e. The highest BCUT2D eigenvalue weighted by Crippen LogP contribution is 2.40. The van der Waals surface area contributed by atoms with Crippen LogP contribution >= 0.6 is 0 Å². The molecule has 1 aromatic carbocycles. The highest BCUT2D eigenvalue weighted by atomic mass is 16.5. The second-order valence-electron chi connectivity index (χ2n) is 4.22. The van der Waals surface area contributed by atoms with E-state index in [2.05, 4.69) is 13.8 Å². The summed E-state index contributed by atoms with van der Waals surface area (Å²) in [6, 6.07) is 1.27. The molecule has 1 unspecified atom stereocenters. The van der Waals surface area contributed by atoms with Gasteiger partial charge in [-0.15, -0.1) is 0 Å². The van der Waals surface area contributed by atoms with Crippen LogP contribution in [0.25, 0.3) is 0 Å². The number of phenolic OH excluding ortho intramolecular Hbond substituents is 2. The van der Waals surface area contributed by atoms with E-state index in [9.17, 15) is 15.3 Å². The number of ether oxygens (including phenoxy) is 1. The third kappa shape index (κ3) is 3.03. The maximum Gasteiger partial charge on any atom is 0.133 e. The van der Waals surface area contributed by atoms with Gasteiger partial charge >= 0.3 is 0 Å². The molecule has 2 rings (SSSR count). The van der Waals surface area contributed by atoms with Crippen LogP contribution in [0.5, 0.6) is 17.2 Å². The van der Waals surface area contributed by atoms with Crippen LogP contribution in [0.2, 0.25) is 0 Å². The van der Waals surface area contributed by atoms with Crippen LogP contribution in [0.15, 0.2) is 6.07 Å². The first-order chi connectivity index (χ1) is 8.01. The highest BCUT2D eigenvalue weighted by molar-refractivity contribution is 5.56. The molecule has 3 N–H and O–H groups in total. The van der Waals surface area contributed by atoms with Gasteiger partial charge < -0.3 is 20.1 Å². The first-order valence-electron chi connectivity index (χ1n) is 5.86. The highest BCUT2D eigenvalue weighted by Gasteiger charge is 2.24. The fourth-order valence-electron chi connectivity index (χ4n) is 1.65. The molecule has 0 aliphatic carbocycles. The Bertz CT molecular complexity index is 387. The first-order valence-corrected chi connectivity index (χ1v) is 5.86. The minimum absolute atomic E-state index is 0.0117. The summed E-state index contributed by atoms with van der Waals surface area (Å²) in [6.45, 7) is 6.17. The molecule has 0 saturated heterocycles. The number of benzene rings is 1. The molecule has 0 spiro atoms. The van der Waals surface area contributed by atoms with E-state index in [-0.39, 0.29) is 18.1 Å². The quantitative estimate of drug-likeness (QED) is 0.649. The minimum Gasteiger partial charge on any atom is -0.507 e. The molecular weight excluding hydrogens is 220 g/mol. The van der Waals surface area contributed by atoms with Gasteiger partial charge in [-0.3, -0.25) is 0 Å². The van der Waals surface area contributed by atoms with Gasteiger partial charge in [0, 0.05) is 23.6 Å². The number of hydrogen-bond acceptors (Lipinski definition) is 4. The van der Waals surface area contributed by atoms with Crippen LogP contribution in [0.3, 0.4) is 0 Å². The summed E-state index contributed by atoms with van der Waals surface area (Å²) in [5, 5.41) is 28.3. The van der Waals surface area contributed by atoms with Gasteiger partial charge in [0.05, 0.1) is 6.10 Å². The van der Waals surface area contributed by atoms with Gasteiger partial charge in [0.2, 0.25) is 0 Å². The molecule has 1 aliphatic heterocycles. The molecule has 0 saturated carbocycles. The standard InChI is InChI=1S/C10H12O4.C3H8/c1-5-8(12)3-9(13)7-2-6(11)4-14-10(5)7;1-3-2/h3,6,11-13H,2,4H2,1H3;3H2,1-2H3. The summed E-state index contributed by atoms with van der Waals surface area (Å²) < 4.78 is 5.26. The lowest BCUT2D eigenvalue weighted by molar-refractivity contribution is 0.0901. The van der Waals surface area contributed by atoms with Crippen LogP contribution in [0, 0.1) is 6.92 Å². The van der Waals surface area contributed by atoms with E-state index in [1.54, 1.807) is 6.92 Å². The van der Waals surface area contributed by atoms with Gasteiger partial charge in [-0.2, -0.15) is 0 Å². The summed E-state index contributed by atoms with van der Waals surface area (Å²) in [7, 11) is 0. The summed E-state index contributed by atoms with van der Waals surface area (Å²) in [6.07, 6.45) is 1.03. The van der Waals surface area contributed by atoms with Crippen LogP contribution < -0.4 is 4.74 Å². The third-order valence-corrected chi connectivity index (χ3v) is 2.44. The van der Waals surface area contributed by atoms with E-state index in [0.717, 1.165) is 0 Å². The van der Waals surface area contributed by atoms with E-state index in [4.69, 9.17) is 4.74 Å². The van der Waals surface area contributed by atoms with Crippen LogP contribution in [0.1, 0.15) is 31.4 Å². The van der Waals surface area contributed by atoms with Gasteiger partial charge in [-0.1, -0.05) is 20.3 Å². The SMILES string of the molecule is CCC.Cc1c(O)cc(O)c2c1OCC(O)C2. The Kier molecular flexibility index (Phi) is 4.63. The molecule has 1 aliphatic rings. The molecule has 1 atom stereocenters. The zero-order valence-electron chi connectivity index (χ0n) is 10.5. The van der Waals surface area contributed by atoms with Crippen molar-refractivity contribution in [3.05, 3.63) is 17.2 Å². The number of hydrogen-bond donors (Lipinski definition) is 3. The molecule has 17 heavy (non-hydrogen) atoms. The van der Waals surface area contributed by atoms with Crippen molar-refractivity contribution in [3.63, 3.8) is 0 Å². The van der Waals surface area contributed by atoms with Crippen molar-refractivity contribution in [2.45, 2.75) is 39.7 Å². The Balaban J connectivity index is 0.000000437. The molecule has 1 heterocycles. The topological polar surface area (TPSA) is 69.9 Å². The Morgan fingerprint density at radius 2 is 1.88 bits per heavy atom. The van der Waals surface area contributed by atoms with Crippen molar-refractivity contribution in [2.75, 3.05) is 6.61 Å². The lowest BCUT2D eigenvalue weighted by atomic mass is 9.99. The fourth-order valence-corrected chi connectivity index (χ4v) is 1.65. The van der Waals surface area contributed by atoms with Gasteiger partial charge in [0.15, 0.2) is 0 Å². The normalized spacial score (nSPS) is 17.5. The Labute approximate surface area is 101 Å².